The van der Waals surface area contributed by atoms with Gasteiger partial charge in [-0.05, 0) is 42.7 Å². The molecule has 3 aromatic heterocycles. The normalized spacial score (nSPS) is 11.1. The molecule has 0 atom stereocenters. The van der Waals surface area contributed by atoms with Gasteiger partial charge in [-0.1, -0.05) is 60.1 Å². The zero-order valence-corrected chi connectivity index (χ0v) is 20.9. The van der Waals surface area contributed by atoms with Crippen LogP contribution in [-0.2, 0) is 0 Å². The van der Waals surface area contributed by atoms with Gasteiger partial charge in [0, 0.05) is 55.9 Å². The molecule has 0 saturated heterocycles. The Hall–Kier alpha value is -4.84. The number of para-hydroxylation sites is 2. The maximum Gasteiger partial charge on any atom is 0.102 e. The third-order valence-corrected chi connectivity index (χ3v) is 7.16. The summed E-state index contributed by atoms with van der Waals surface area (Å²) in [5, 5.41) is 23.4. The predicted octanol–water partition coefficient (Wildman–Crippen LogP) is 8.06. The second-order valence-corrected chi connectivity index (χ2v) is 9.50. The van der Waals surface area contributed by atoms with Gasteiger partial charge >= 0.3 is 0 Å². The average molecular weight is 498 g/mol. The molecule has 2 N–H and O–H groups in total. The van der Waals surface area contributed by atoms with E-state index in [2.05, 4.69) is 22.1 Å². The molecule has 0 aliphatic rings. The van der Waals surface area contributed by atoms with Gasteiger partial charge in [-0.2, -0.15) is 10.5 Å². The van der Waals surface area contributed by atoms with E-state index in [1.807, 2.05) is 74.8 Å². The molecule has 6 rings (SSSR count). The Morgan fingerprint density at radius 2 is 1.19 bits per heavy atom. The van der Waals surface area contributed by atoms with Crippen LogP contribution in [0.1, 0.15) is 22.3 Å². The average Bonchev–Trinajstić information content (AvgIpc) is 3.54. The topological polar surface area (TPSA) is 92.0 Å². The molecule has 6 aromatic rings. The lowest BCUT2D eigenvalue weighted by Gasteiger charge is -2.15. The Morgan fingerprint density at radius 1 is 0.703 bits per heavy atom. The number of nitrogens with zero attached hydrogens (tertiary/aromatic N) is 3. The molecule has 0 spiro atoms. The maximum atomic E-state index is 10.4. The molecule has 5 nitrogen and oxygen atoms in total. The van der Waals surface area contributed by atoms with Gasteiger partial charge < -0.3 is 9.97 Å². The van der Waals surface area contributed by atoms with E-state index >= 15 is 0 Å². The number of nitriles is 2. The number of aromatic nitrogens is 3. The number of aryl methyl sites for hydroxylation is 2. The fraction of sp³-hybridized carbons (Fsp3) is 0.0645. The minimum Gasteiger partial charge on any atom is -0.360 e. The molecule has 0 saturated carbocycles. The number of nitrogens with one attached hydrogen (secondary N) is 2. The van der Waals surface area contributed by atoms with Gasteiger partial charge in [-0.25, -0.2) is 4.98 Å². The number of fused-ring (bicyclic) bond motifs is 2. The van der Waals surface area contributed by atoms with E-state index in [0.717, 1.165) is 49.6 Å². The number of hydrogen-bond acceptors (Lipinski definition) is 3. The number of halogens is 1. The molecular formula is C31H20ClN5. The molecular weight excluding hydrogens is 478 g/mol. The van der Waals surface area contributed by atoms with E-state index in [4.69, 9.17) is 16.6 Å². The lowest BCUT2D eigenvalue weighted by atomic mass is 9.89. The molecule has 0 amide bonds. The van der Waals surface area contributed by atoms with Crippen molar-refractivity contribution in [1.82, 2.24) is 15.0 Å². The van der Waals surface area contributed by atoms with Crippen LogP contribution in [0.3, 0.4) is 0 Å². The van der Waals surface area contributed by atoms with Crippen molar-refractivity contribution >= 4 is 33.4 Å². The van der Waals surface area contributed by atoms with Gasteiger partial charge in [-0.3, -0.25) is 0 Å². The smallest absolute Gasteiger partial charge is 0.102 e. The third-order valence-electron chi connectivity index (χ3n) is 6.91. The van der Waals surface area contributed by atoms with Gasteiger partial charge in [0.25, 0.3) is 0 Å². The monoisotopic (exact) mass is 497 g/mol. The number of hydrogen-bond donors (Lipinski definition) is 2. The van der Waals surface area contributed by atoms with E-state index in [9.17, 15) is 10.5 Å². The minimum absolute atomic E-state index is 0.348. The van der Waals surface area contributed by atoms with Crippen LogP contribution < -0.4 is 0 Å². The van der Waals surface area contributed by atoms with E-state index in [-0.39, 0.29) is 0 Å². The molecule has 37 heavy (non-hydrogen) atoms. The Labute approximate surface area is 218 Å². The molecule has 6 heteroatoms. The minimum atomic E-state index is 0.348. The first-order valence-corrected chi connectivity index (χ1v) is 12.2. The zero-order chi connectivity index (χ0) is 25.7. The number of benzene rings is 3. The van der Waals surface area contributed by atoms with Crippen molar-refractivity contribution in [2.24, 2.45) is 0 Å². The van der Waals surface area contributed by atoms with Gasteiger partial charge in [-0.15, -0.1) is 0 Å². The summed E-state index contributed by atoms with van der Waals surface area (Å²) < 4.78 is 0. The van der Waals surface area contributed by atoms with Crippen molar-refractivity contribution in [3.8, 4) is 45.8 Å². The highest BCUT2D eigenvalue weighted by Gasteiger charge is 2.26. The molecule has 0 unspecified atom stereocenters. The van der Waals surface area contributed by atoms with Crippen LogP contribution in [0.15, 0.2) is 73.1 Å². The van der Waals surface area contributed by atoms with Crippen LogP contribution >= 0.6 is 11.6 Å². The maximum absolute atomic E-state index is 10.4. The van der Waals surface area contributed by atoms with Crippen LogP contribution in [0.4, 0.5) is 0 Å². The Kier molecular flexibility index (Phi) is 5.30. The lowest BCUT2D eigenvalue weighted by Crippen LogP contribution is -2.01. The zero-order valence-electron chi connectivity index (χ0n) is 20.1. The Bertz CT molecular complexity index is 1810. The standard InChI is InChI=1S/C31H20ClN5/c1-17-5-3-7-21-25(15-35-28(17)21)30-23(13-33)27(19-9-11-20(32)12-10-19)24(14-34)31(37-30)26-16-36-29-18(2)6-4-8-22(26)29/h3-12,15-16,35-36H,1-2H3. The Balaban J connectivity index is 1.77. The van der Waals surface area contributed by atoms with Gasteiger partial charge in [0.15, 0.2) is 0 Å². The van der Waals surface area contributed by atoms with Crippen LogP contribution in [0, 0.1) is 36.5 Å². The fourth-order valence-electron chi connectivity index (χ4n) is 5.10. The lowest BCUT2D eigenvalue weighted by molar-refractivity contribution is 1.28. The summed E-state index contributed by atoms with van der Waals surface area (Å²) >= 11 is 6.18. The number of aromatic amines is 2. The van der Waals surface area contributed by atoms with Crippen LogP contribution in [0.25, 0.3) is 55.4 Å². The first-order valence-electron chi connectivity index (χ1n) is 11.8. The van der Waals surface area contributed by atoms with Crippen LogP contribution in [-0.4, -0.2) is 15.0 Å². The SMILES string of the molecule is Cc1cccc2c(-c3nc(-c4c[nH]c5c(C)cccc45)c(C#N)c(-c4ccc(Cl)cc4)c3C#N)c[nH]c12. The highest BCUT2D eigenvalue weighted by Crippen LogP contribution is 2.42. The molecule has 176 valence electrons. The summed E-state index contributed by atoms with van der Waals surface area (Å²) in [5.41, 5.74) is 8.83. The molecule has 0 bridgehead atoms. The highest BCUT2D eigenvalue weighted by atomic mass is 35.5. The van der Waals surface area contributed by atoms with Crippen molar-refractivity contribution in [3.05, 3.63) is 100 Å². The van der Waals surface area contributed by atoms with E-state index in [1.54, 1.807) is 12.1 Å². The first-order chi connectivity index (χ1) is 18.0. The third kappa shape index (κ3) is 3.49. The van der Waals surface area contributed by atoms with Crippen molar-refractivity contribution in [2.75, 3.05) is 0 Å². The largest absolute Gasteiger partial charge is 0.360 e. The highest BCUT2D eigenvalue weighted by molar-refractivity contribution is 6.30. The molecule has 0 fully saturated rings. The van der Waals surface area contributed by atoms with Crippen molar-refractivity contribution in [3.63, 3.8) is 0 Å². The second-order valence-electron chi connectivity index (χ2n) is 9.06. The molecule has 0 aliphatic heterocycles. The molecule has 0 radical (unpaired) electrons. The van der Waals surface area contributed by atoms with Crippen molar-refractivity contribution in [1.29, 1.82) is 10.5 Å². The van der Waals surface area contributed by atoms with E-state index in [1.165, 1.54) is 0 Å². The summed E-state index contributed by atoms with van der Waals surface area (Å²) in [7, 11) is 0. The van der Waals surface area contributed by atoms with E-state index in [0.29, 0.717) is 33.1 Å². The second kappa shape index (κ2) is 8.68. The van der Waals surface area contributed by atoms with Crippen LogP contribution in [0.5, 0.6) is 0 Å². The summed E-state index contributed by atoms with van der Waals surface area (Å²) in [6.07, 6.45) is 3.78. The number of pyridine rings is 1. The summed E-state index contributed by atoms with van der Waals surface area (Å²) in [4.78, 5) is 11.8. The molecule has 3 aromatic carbocycles. The van der Waals surface area contributed by atoms with Crippen molar-refractivity contribution < 1.29 is 0 Å². The molecule has 3 heterocycles. The predicted molar refractivity (Wildman–Crippen MR) is 148 cm³/mol. The summed E-state index contributed by atoms with van der Waals surface area (Å²) in [5.74, 6) is 0. The Morgan fingerprint density at radius 3 is 1.65 bits per heavy atom. The fourth-order valence-corrected chi connectivity index (χ4v) is 5.23. The first kappa shape index (κ1) is 22.6. The molecule has 0 aliphatic carbocycles. The van der Waals surface area contributed by atoms with Crippen molar-refractivity contribution in [2.45, 2.75) is 13.8 Å². The number of rotatable bonds is 3. The van der Waals surface area contributed by atoms with Gasteiger partial charge in [0.1, 0.15) is 12.1 Å². The quantitative estimate of drug-likeness (QED) is 0.259. The summed E-state index contributed by atoms with van der Waals surface area (Å²) in [6.45, 7) is 4.08. The van der Waals surface area contributed by atoms with Gasteiger partial charge in [0.2, 0.25) is 0 Å². The van der Waals surface area contributed by atoms with Crippen LogP contribution in [0.2, 0.25) is 5.02 Å². The number of H-pyrrole nitrogens is 2. The van der Waals surface area contributed by atoms with E-state index < -0.39 is 0 Å². The summed E-state index contributed by atoms with van der Waals surface area (Å²) in [6, 6.07) is 24.1. The van der Waals surface area contributed by atoms with Gasteiger partial charge in [0.05, 0.1) is 22.5 Å².